The van der Waals surface area contributed by atoms with Crippen LogP contribution in [0.1, 0.15) is 83.6 Å². The maximum Gasteiger partial charge on any atom is 0.161 e. The van der Waals surface area contributed by atoms with Crippen LogP contribution in [0.3, 0.4) is 0 Å². The van der Waals surface area contributed by atoms with E-state index >= 15 is 0 Å². The number of benzene rings is 3. The summed E-state index contributed by atoms with van der Waals surface area (Å²) in [5.74, 6) is 3.95. The van der Waals surface area contributed by atoms with Crippen molar-refractivity contribution < 1.29 is 43.7 Å². The van der Waals surface area contributed by atoms with E-state index in [2.05, 4.69) is 16.0 Å². The van der Waals surface area contributed by atoms with Gasteiger partial charge in [-0.3, -0.25) is 0 Å². The van der Waals surface area contributed by atoms with Crippen LogP contribution in [0.15, 0.2) is 36.4 Å². The fraction of sp³-hybridized carbons (Fsp3) is 0.571. The summed E-state index contributed by atoms with van der Waals surface area (Å²) in [6.45, 7) is 2.21. The molecule has 0 bridgehead atoms. The molecule has 3 heterocycles. The highest BCUT2D eigenvalue weighted by Crippen LogP contribution is 2.41. The number of methoxy groups -OCH3 is 6. The topological polar surface area (TPSA) is 152 Å². The summed E-state index contributed by atoms with van der Waals surface area (Å²) in [6, 6.07) is 11.1. The van der Waals surface area contributed by atoms with Crippen molar-refractivity contribution in [2.24, 2.45) is 5.92 Å². The van der Waals surface area contributed by atoms with Gasteiger partial charge in [0.25, 0.3) is 0 Å². The van der Waals surface area contributed by atoms with E-state index < -0.39 is 18.3 Å². The van der Waals surface area contributed by atoms with Gasteiger partial charge in [0, 0.05) is 0 Å². The molecule has 0 amide bonds. The van der Waals surface area contributed by atoms with Crippen molar-refractivity contribution in [3.05, 3.63) is 69.8 Å². The lowest BCUT2D eigenvalue weighted by Crippen LogP contribution is -2.40. The zero-order valence-corrected chi connectivity index (χ0v) is 32.6. The minimum Gasteiger partial charge on any atom is -0.493 e. The Morgan fingerprint density at radius 3 is 1.07 bits per heavy atom. The number of hydrogen-bond acceptors (Lipinski definition) is 12. The number of rotatable bonds is 17. The van der Waals surface area contributed by atoms with Crippen LogP contribution in [0.25, 0.3) is 0 Å². The van der Waals surface area contributed by atoms with E-state index in [1.54, 1.807) is 42.7 Å². The maximum absolute atomic E-state index is 11.9. The average Bonchev–Trinajstić information content (AvgIpc) is 3.21. The lowest BCUT2D eigenvalue weighted by Gasteiger charge is -2.35. The van der Waals surface area contributed by atoms with Crippen LogP contribution in [0, 0.1) is 5.92 Å². The molecule has 6 unspecified atom stereocenters. The zero-order chi connectivity index (χ0) is 38.4. The molecule has 3 aliphatic heterocycles. The van der Waals surface area contributed by atoms with Crippen LogP contribution in [-0.2, 0) is 19.3 Å². The number of fused-ring (bicyclic) bond motifs is 3. The molecule has 54 heavy (non-hydrogen) atoms. The van der Waals surface area contributed by atoms with E-state index in [4.69, 9.17) is 28.4 Å². The molecule has 0 saturated carbocycles. The third kappa shape index (κ3) is 8.54. The Labute approximate surface area is 319 Å². The van der Waals surface area contributed by atoms with Crippen molar-refractivity contribution in [3.8, 4) is 34.5 Å². The summed E-state index contributed by atoms with van der Waals surface area (Å²) >= 11 is 0. The zero-order valence-electron chi connectivity index (χ0n) is 32.6. The highest BCUT2D eigenvalue weighted by atomic mass is 16.5. The normalized spacial score (nSPS) is 21.4. The van der Waals surface area contributed by atoms with Crippen LogP contribution in [-0.4, -0.2) is 95.9 Å². The van der Waals surface area contributed by atoms with Gasteiger partial charge in [0.05, 0.1) is 79.1 Å². The summed E-state index contributed by atoms with van der Waals surface area (Å²) in [7, 11) is 9.77. The van der Waals surface area contributed by atoms with E-state index in [1.165, 1.54) is 0 Å². The quantitative estimate of drug-likeness (QED) is 0.117. The van der Waals surface area contributed by atoms with E-state index in [0.29, 0.717) is 66.6 Å². The van der Waals surface area contributed by atoms with Gasteiger partial charge in [-0.25, -0.2) is 0 Å². The van der Waals surface area contributed by atoms with E-state index in [-0.39, 0.29) is 24.0 Å². The minimum atomic E-state index is -0.711. The predicted molar refractivity (Wildman–Crippen MR) is 207 cm³/mol. The van der Waals surface area contributed by atoms with Gasteiger partial charge in [-0.1, -0.05) is 0 Å². The Morgan fingerprint density at radius 1 is 0.463 bits per heavy atom. The van der Waals surface area contributed by atoms with Gasteiger partial charge >= 0.3 is 0 Å². The first kappa shape index (κ1) is 39.9. The second-order valence-electron chi connectivity index (χ2n) is 14.7. The van der Waals surface area contributed by atoms with Crippen molar-refractivity contribution in [2.45, 2.75) is 87.8 Å². The molecule has 6 atom stereocenters. The van der Waals surface area contributed by atoms with E-state index in [1.807, 2.05) is 36.4 Å². The molecule has 6 rings (SSSR count). The number of ether oxygens (including phenoxy) is 6. The summed E-state index contributed by atoms with van der Waals surface area (Å²) < 4.78 is 33.5. The van der Waals surface area contributed by atoms with Crippen molar-refractivity contribution in [1.82, 2.24) is 16.0 Å². The number of hydrogen-bond donors (Lipinski definition) is 6. The number of nitrogens with one attached hydrogen (secondary N) is 3. The Morgan fingerprint density at radius 2 is 0.759 bits per heavy atom. The van der Waals surface area contributed by atoms with Gasteiger partial charge in [0.1, 0.15) is 0 Å². The molecule has 0 aromatic heterocycles. The fourth-order valence-corrected chi connectivity index (χ4v) is 8.78. The largest absolute Gasteiger partial charge is 0.493 e. The number of aliphatic hydroxyl groups excluding tert-OH is 3. The van der Waals surface area contributed by atoms with Crippen LogP contribution < -0.4 is 44.4 Å². The molecule has 0 aliphatic carbocycles. The van der Waals surface area contributed by atoms with Gasteiger partial charge in [-0.15, -0.1) is 0 Å². The molecule has 0 saturated heterocycles. The van der Waals surface area contributed by atoms with Gasteiger partial charge in [0.15, 0.2) is 34.5 Å². The molecule has 0 radical (unpaired) electrons. The lowest BCUT2D eigenvalue weighted by molar-refractivity contribution is 0.0666. The first-order valence-electron chi connectivity index (χ1n) is 19.2. The van der Waals surface area contributed by atoms with Gasteiger partial charge < -0.3 is 59.7 Å². The van der Waals surface area contributed by atoms with Crippen molar-refractivity contribution in [1.29, 1.82) is 0 Å². The monoisotopic (exact) mass is 749 g/mol. The van der Waals surface area contributed by atoms with Gasteiger partial charge in [-0.05, 0) is 147 Å². The Bertz CT molecular complexity index is 1640. The van der Waals surface area contributed by atoms with Crippen molar-refractivity contribution in [2.75, 3.05) is 62.3 Å². The summed E-state index contributed by atoms with van der Waals surface area (Å²) in [6.07, 6.45) is 3.26. The van der Waals surface area contributed by atoms with E-state index in [9.17, 15) is 15.3 Å². The molecular formula is C42H59N3O9. The summed E-state index contributed by atoms with van der Waals surface area (Å²) in [5, 5.41) is 46.1. The Balaban J connectivity index is 1.21. The standard InChI is InChI=1S/C42H59N3O9/c1-49-34-18-25-11-14-43-40(28(25)21-37(34)52-4)31(46)9-7-24(17-33(48)42-30-23-39(54-6)36(51-3)20-27(30)13-16-45-42)8-10-32(47)41-29-22-38(53-5)35(50-2)19-26(29)12-15-44-41/h18-24,31-33,40-48H,7-17H2,1-6H3. The highest BCUT2D eigenvalue weighted by Gasteiger charge is 2.34. The van der Waals surface area contributed by atoms with Crippen LogP contribution in [0.4, 0.5) is 0 Å². The first-order chi connectivity index (χ1) is 26.2. The third-order valence-electron chi connectivity index (χ3n) is 11.7. The lowest BCUT2D eigenvalue weighted by atomic mass is 9.81. The maximum atomic E-state index is 11.9. The molecule has 3 aromatic rings. The average molecular weight is 750 g/mol. The van der Waals surface area contributed by atoms with Gasteiger partial charge in [0.2, 0.25) is 0 Å². The van der Waals surface area contributed by atoms with E-state index in [0.717, 1.165) is 72.3 Å². The molecule has 12 nitrogen and oxygen atoms in total. The molecule has 0 spiro atoms. The number of aliphatic hydroxyl groups is 3. The molecule has 0 fully saturated rings. The van der Waals surface area contributed by atoms with Crippen LogP contribution >= 0.6 is 0 Å². The Hall–Kier alpha value is -3.78. The third-order valence-corrected chi connectivity index (χ3v) is 11.7. The predicted octanol–water partition coefficient (Wildman–Crippen LogP) is 4.35. The van der Waals surface area contributed by atoms with Gasteiger partial charge in [-0.2, -0.15) is 0 Å². The van der Waals surface area contributed by atoms with Crippen LogP contribution in [0.2, 0.25) is 0 Å². The second kappa shape index (κ2) is 18.2. The second-order valence-corrected chi connectivity index (χ2v) is 14.7. The van der Waals surface area contributed by atoms with Crippen molar-refractivity contribution >= 4 is 0 Å². The molecule has 3 aromatic carbocycles. The highest BCUT2D eigenvalue weighted by molar-refractivity contribution is 5.51. The van der Waals surface area contributed by atoms with Crippen molar-refractivity contribution in [3.63, 3.8) is 0 Å². The summed E-state index contributed by atoms with van der Waals surface area (Å²) in [4.78, 5) is 0. The SMILES string of the molecule is COc1cc2c(cc1OC)C(C(O)CCC(CCC(O)C1NCCc3cc(OC)c(OC)cc31)CC(O)C1NCCc3cc(OC)c(OC)cc31)NCC2. The fourth-order valence-electron chi connectivity index (χ4n) is 8.78. The van der Waals surface area contributed by atoms with Crippen LogP contribution in [0.5, 0.6) is 34.5 Å². The first-order valence-corrected chi connectivity index (χ1v) is 19.2. The minimum absolute atomic E-state index is 0.0125. The smallest absolute Gasteiger partial charge is 0.161 e. The molecule has 296 valence electrons. The molecular weight excluding hydrogens is 690 g/mol. The molecule has 12 heteroatoms. The summed E-state index contributed by atoms with van der Waals surface area (Å²) in [5.41, 5.74) is 6.43. The molecule has 3 aliphatic rings. The Kier molecular flexibility index (Phi) is 13.5. The molecule has 6 N–H and O–H groups in total.